The SMILES string of the molecule is O=C(NCc1ccccc1Cn1cccn1)c1nn(-c2ccc(F)c(F)c2)c2c1CCC2. The monoisotopic (exact) mass is 433 g/mol. The number of carbonyl (C=O) groups is 1. The van der Waals surface area contributed by atoms with Crippen LogP contribution in [0.3, 0.4) is 0 Å². The molecule has 1 N–H and O–H groups in total. The lowest BCUT2D eigenvalue weighted by Gasteiger charge is -2.11. The third-order valence-electron chi connectivity index (χ3n) is 5.74. The minimum absolute atomic E-state index is 0.279. The van der Waals surface area contributed by atoms with Gasteiger partial charge in [-0.3, -0.25) is 9.48 Å². The molecule has 0 fully saturated rings. The Balaban J connectivity index is 1.38. The predicted octanol–water partition coefficient (Wildman–Crippen LogP) is 3.81. The molecule has 6 nitrogen and oxygen atoms in total. The summed E-state index contributed by atoms with van der Waals surface area (Å²) in [6, 6.07) is 13.4. The second kappa shape index (κ2) is 8.37. The number of carbonyl (C=O) groups excluding carboxylic acids is 1. The third-order valence-corrected chi connectivity index (χ3v) is 5.74. The summed E-state index contributed by atoms with van der Waals surface area (Å²) in [5.74, 6) is -2.13. The van der Waals surface area contributed by atoms with E-state index in [2.05, 4.69) is 15.5 Å². The second-order valence-corrected chi connectivity index (χ2v) is 7.79. The van der Waals surface area contributed by atoms with E-state index in [9.17, 15) is 13.6 Å². The van der Waals surface area contributed by atoms with Crippen LogP contribution in [0.1, 0.15) is 39.3 Å². The first kappa shape index (κ1) is 20.1. The number of fused-ring (bicyclic) bond motifs is 1. The summed E-state index contributed by atoms with van der Waals surface area (Å²) in [5.41, 5.74) is 4.55. The van der Waals surface area contributed by atoms with Crippen LogP contribution >= 0.6 is 0 Å². The Hall–Kier alpha value is -3.81. The van der Waals surface area contributed by atoms with Crippen LogP contribution in [0.25, 0.3) is 5.69 Å². The van der Waals surface area contributed by atoms with Crippen molar-refractivity contribution in [2.45, 2.75) is 32.4 Å². The molecule has 2 heterocycles. The van der Waals surface area contributed by atoms with Crippen molar-refractivity contribution in [1.82, 2.24) is 24.9 Å². The molecule has 2 aromatic heterocycles. The van der Waals surface area contributed by atoms with Crippen LogP contribution in [-0.2, 0) is 25.9 Å². The molecule has 4 aromatic rings. The summed E-state index contributed by atoms with van der Waals surface area (Å²) in [6.45, 7) is 0.961. The van der Waals surface area contributed by atoms with Crippen LogP contribution in [0.2, 0.25) is 0 Å². The van der Waals surface area contributed by atoms with Crippen molar-refractivity contribution in [2.75, 3.05) is 0 Å². The Morgan fingerprint density at radius 1 is 1.03 bits per heavy atom. The maximum atomic E-state index is 13.8. The summed E-state index contributed by atoms with van der Waals surface area (Å²) in [6.07, 6.45) is 5.99. The fraction of sp³-hybridized carbons (Fsp3) is 0.208. The van der Waals surface area contributed by atoms with Gasteiger partial charge < -0.3 is 5.32 Å². The number of aromatic nitrogens is 4. The molecular weight excluding hydrogens is 412 g/mol. The lowest BCUT2D eigenvalue weighted by Crippen LogP contribution is -2.25. The van der Waals surface area contributed by atoms with Crippen LogP contribution in [0, 0.1) is 11.6 Å². The molecular formula is C24H21F2N5O. The smallest absolute Gasteiger partial charge is 0.272 e. The molecule has 0 bridgehead atoms. The van der Waals surface area contributed by atoms with Gasteiger partial charge in [0.2, 0.25) is 0 Å². The molecule has 0 aliphatic heterocycles. The zero-order chi connectivity index (χ0) is 22.1. The quantitative estimate of drug-likeness (QED) is 0.503. The van der Waals surface area contributed by atoms with Crippen molar-refractivity contribution >= 4 is 5.91 Å². The molecule has 32 heavy (non-hydrogen) atoms. The Bertz CT molecular complexity index is 1280. The van der Waals surface area contributed by atoms with Gasteiger partial charge in [0.05, 0.1) is 12.2 Å². The van der Waals surface area contributed by atoms with Gasteiger partial charge in [0, 0.05) is 36.3 Å². The minimum atomic E-state index is -0.940. The summed E-state index contributed by atoms with van der Waals surface area (Å²) >= 11 is 0. The van der Waals surface area contributed by atoms with E-state index in [0.29, 0.717) is 24.5 Å². The number of amides is 1. The lowest BCUT2D eigenvalue weighted by atomic mass is 10.1. The molecule has 162 valence electrons. The first-order chi connectivity index (χ1) is 15.6. The first-order valence-corrected chi connectivity index (χ1v) is 10.5. The predicted molar refractivity (Wildman–Crippen MR) is 114 cm³/mol. The fourth-order valence-electron chi connectivity index (χ4n) is 4.16. The Morgan fingerprint density at radius 2 is 1.88 bits per heavy atom. The zero-order valence-electron chi connectivity index (χ0n) is 17.3. The van der Waals surface area contributed by atoms with Crippen molar-refractivity contribution < 1.29 is 13.6 Å². The standard InChI is InChI=1S/C24H21F2N5O/c25-20-10-9-18(13-21(20)26)31-22-8-3-7-19(22)23(29-31)24(32)27-14-16-5-1-2-6-17(16)15-30-12-4-11-28-30/h1-2,4-6,9-13H,3,7-8,14-15H2,(H,27,32). The van der Waals surface area contributed by atoms with Crippen LogP contribution in [0.4, 0.5) is 8.78 Å². The highest BCUT2D eigenvalue weighted by Crippen LogP contribution is 2.28. The van der Waals surface area contributed by atoms with Crippen molar-refractivity contribution in [1.29, 1.82) is 0 Å². The van der Waals surface area contributed by atoms with Gasteiger partial charge in [-0.25, -0.2) is 13.5 Å². The van der Waals surface area contributed by atoms with Crippen molar-refractivity contribution in [3.8, 4) is 5.69 Å². The Kier molecular flexibility index (Phi) is 5.26. The zero-order valence-corrected chi connectivity index (χ0v) is 17.3. The molecule has 0 saturated heterocycles. The molecule has 8 heteroatoms. The normalized spacial score (nSPS) is 12.7. The maximum absolute atomic E-state index is 13.8. The van der Waals surface area contributed by atoms with Gasteiger partial charge in [0.15, 0.2) is 17.3 Å². The molecule has 0 radical (unpaired) electrons. The molecule has 2 aromatic carbocycles. The van der Waals surface area contributed by atoms with Gasteiger partial charge in [-0.1, -0.05) is 24.3 Å². The largest absolute Gasteiger partial charge is 0.347 e. The highest BCUT2D eigenvalue weighted by Gasteiger charge is 2.27. The van der Waals surface area contributed by atoms with E-state index in [4.69, 9.17) is 0 Å². The van der Waals surface area contributed by atoms with Crippen LogP contribution in [0.5, 0.6) is 0 Å². The van der Waals surface area contributed by atoms with Gasteiger partial charge in [-0.05, 0) is 48.6 Å². The molecule has 5 rings (SSSR count). The maximum Gasteiger partial charge on any atom is 0.272 e. The van der Waals surface area contributed by atoms with E-state index in [1.165, 1.54) is 6.07 Å². The molecule has 0 spiro atoms. The van der Waals surface area contributed by atoms with Gasteiger partial charge in [0.1, 0.15) is 0 Å². The minimum Gasteiger partial charge on any atom is -0.347 e. The summed E-state index contributed by atoms with van der Waals surface area (Å²) in [5, 5.41) is 11.7. The number of halogens is 2. The lowest BCUT2D eigenvalue weighted by molar-refractivity contribution is 0.0944. The number of nitrogens with one attached hydrogen (secondary N) is 1. The Labute approximate surface area is 183 Å². The molecule has 1 aliphatic carbocycles. The number of rotatable bonds is 6. The van der Waals surface area contributed by atoms with Gasteiger partial charge in [-0.15, -0.1) is 0 Å². The topological polar surface area (TPSA) is 64.7 Å². The van der Waals surface area contributed by atoms with Crippen molar-refractivity contribution in [2.24, 2.45) is 0 Å². The number of nitrogens with zero attached hydrogens (tertiary/aromatic N) is 4. The van der Waals surface area contributed by atoms with Crippen LogP contribution < -0.4 is 5.32 Å². The van der Waals surface area contributed by atoms with E-state index in [0.717, 1.165) is 53.8 Å². The summed E-state index contributed by atoms with van der Waals surface area (Å²) < 4.78 is 30.5. The van der Waals surface area contributed by atoms with E-state index in [-0.39, 0.29) is 5.91 Å². The average Bonchev–Trinajstić information content (AvgIpc) is 3.53. The number of hydrogen-bond acceptors (Lipinski definition) is 3. The summed E-state index contributed by atoms with van der Waals surface area (Å²) in [4.78, 5) is 13.0. The van der Waals surface area contributed by atoms with E-state index >= 15 is 0 Å². The van der Waals surface area contributed by atoms with E-state index in [1.807, 2.05) is 41.2 Å². The van der Waals surface area contributed by atoms with Crippen LogP contribution in [0.15, 0.2) is 60.9 Å². The first-order valence-electron chi connectivity index (χ1n) is 10.5. The summed E-state index contributed by atoms with van der Waals surface area (Å²) in [7, 11) is 0. The molecule has 0 atom stereocenters. The van der Waals surface area contributed by atoms with Gasteiger partial charge in [0.25, 0.3) is 5.91 Å². The van der Waals surface area contributed by atoms with Crippen molar-refractivity contribution in [3.05, 3.63) is 101 Å². The Morgan fingerprint density at radius 3 is 2.66 bits per heavy atom. The second-order valence-electron chi connectivity index (χ2n) is 7.79. The van der Waals surface area contributed by atoms with Gasteiger partial charge >= 0.3 is 0 Å². The van der Waals surface area contributed by atoms with E-state index < -0.39 is 11.6 Å². The van der Waals surface area contributed by atoms with Gasteiger partial charge in [-0.2, -0.15) is 10.2 Å². The average molecular weight is 433 g/mol. The number of hydrogen-bond donors (Lipinski definition) is 1. The third kappa shape index (κ3) is 3.79. The highest BCUT2D eigenvalue weighted by atomic mass is 19.2. The molecule has 1 amide bonds. The fourth-order valence-corrected chi connectivity index (χ4v) is 4.16. The van der Waals surface area contributed by atoms with Crippen molar-refractivity contribution in [3.63, 3.8) is 0 Å². The molecule has 0 saturated carbocycles. The molecule has 1 aliphatic rings. The highest BCUT2D eigenvalue weighted by molar-refractivity contribution is 5.94. The van der Waals surface area contributed by atoms with Crippen LogP contribution in [-0.4, -0.2) is 25.5 Å². The number of benzene rings is 2. The molecule has 0 unspecified atom stereocenters. The van der Waals surface area contributed by atoms with E-state index in [1.54, 1.807) is 10.9 Å².